The Kier molecular flexibility index (Phi) is 8.70. The molecule has 88 valence electrons. The van der Waals surface area contributed by atoms with Crippen LogP contribution in [0.3, 0.4) is 0 Å². The zero-order chi connectivity index (χ0) is 11.5. The smallest absolute Gasteiger partial charge is 0.239 e. The maximum atomic E-state index is 11.1. The monoisotopic (exact) mass is 217 g/mol. The van der Waals surface area contributed by atoms with E-state index in [1.807, 2.05) is 0 Å². The van der Waals surface area contributed by atoms with Crippen molar-refractivity contribution in [3.63, 3.8) is 0 Å². The van der Waals surface area contributed by atoms with Crippen molar-refractivity contribution < 1.29 is 14.7 Å². The van der Waals surface area contributed by atoms with Crippen molar-refractivity contribution in [1.82, 2.24) is 10.6 Å². The van der Waals surface area contributed by atoms with Crippen molar-refractivity contribution in [3.05, 3.63) is 0 Å². The fourth-order valence-corrected chi connectivity index (χ4v) is 0.955. The van der Waals surface area contributed by atoms with Gasteiger partial charge in [0.15, 0.2) is 0 Å². The summed E-state index contributed by atoms with van der Waals surface area (Å²) in [6, 6.07) is 0. The molecule has 0 aromatic carbocycles. The molecule has 0 unspecified atom stereocenters. The summed E-state index contributed by atoms with van der Waals surface area (Å²) < 4.78 is 0. The Morgan fingerprint density at radius 2 is 1.80 bits per heavy atom. The standard InChI is InChI=1S/C9H19N3O3/c10-6-8(14)12-7-9(15)11-4-2-1-3-5-13/h13H,1-7,10H2,(H,11,15)(H,12,14). The number of carbonyl (C=O) groups is 2. The van der Waals surface area contributed by atoms with Gasteiger partial charge in [0, 0.05) is 13.2 Å². The van der Waals surface area contributed by atoms with E-state index in [2.05, 4.69) is 10.6 Å². The van der Waals surface area contributed by atoms with Gasteiger partial charge in [-0.1, -0.05) is 0 Å². The van der Waals surface area contributed by atoms with Crippen LogP contribution in [0.5, 0.6) is 0 Å². The van der Waals surface area contributed by atoms with E-state index in [0.717, 1.165) is 19.3 Å². The molecular weight excluding hydrogens is 198 g/mol. The van der Waals surface area contributed by atoms with Crippen molar-refractivity contribution in [1.29, 1.82) is 0 Å². The number of hydrogen-bond donors (Lipinski definition) is 4. The minimum absolute atomic E-state index is 0.0317. The van der Waals surface area contributed by atoms with Crippen LogP contribution in [0.15, 0.2) is 0 Å². The Labute approximate surface area is 89.2 Å². The Morgan fingerprint density at radius 3 is 2.40 bits per heavy atom. The topological polar surface area (TPSA) is 104 Å². The van der Waals surface area contributed by atoms with Crippen molar-refractivity contribution in [2.24, 2.45) is 5.73 Å². The van der Waals surface area contributed by atoms with Gasteiger partial charge in [-0.05, 0) is 19.3 Å². The molecular formula is C9H19N3O3. The van der Waals surface area contributed by atoms with Crippen LogP contribution in [-0.2, 0) is 9.59 Å². The van der Waals surface area contributed by atoms with Crippen LogP contribution in [0.4, 0.5) is 0 Å². The molecule has 0 aromatic heterocycles. The maximum absolute atomic E-state index is 11.1. The first-order valence-electron chi connectivity index (χ1n) is 5.05. The molecule has 0 bridgehead atoms. The number of carbonyl (C=O) groups excluding carboxylic acids is 2. The Bertz CT molecular complexity index is 197. The summed E-state index contributed by atoms with van der Waals surface area (Å²) in [5.74, 6) is -0.564. The van der Waals surface area contributed by atoms with Crippen molar-refractivity contribution in [2.45, 2.75) is 19.3 Å². The summed E-state index contributed by atoms with van der Waals surface area (Å²) in [6.45, 7) is 0.609. The molecule has 2 amide bonds. The molecule has 0 rings (SSSR count). The number of aliphatic hydroxyl groups excluding tert-OH is 1. The second kappa shape index (κ2) is 9.42. The third kappa shape index (κ3) is 9.17. The van der Waals surface area contributed by atoms with Gasteiger partial charge in [-0.15, -0.1) is 0 Å². The van der Waals surface area contributed by atoms with Gasteiger partial charge in [0.25, 0.3) is 0 Å². The predicted octanol–water partition coefficient (Wildman–Crippen LogP) is -1.66. The second-order valence-electron chi connectivity index (χ2n) is 3.12. The first-order valence-corrected chi connectivity index (χ1v) is 5.05. The predicted molar refractivity (Wildman–Crippen MR) is 56.0 cm³/mol. The van der Waals surface area contributed by atoms with Crippen LogP contribution in [0.2, 0.25) is 0 Å². The molecule has 0 aliphatic rings. The number of hydrogen-bond acceptors (Lipinski definition) is 4. The van der Waals surface area contributed by atoms with Crippen molar-refractivity contribution in [3.8, 4) is 0 Å². The van der Waals surface area contributed by atoms with Crippen LogP contribution in [0, 0.1) is 0 Å². The molecule has 6 heteroatoms. The van der Waals surface area contributed by atoms with Gasteiger partial charge in [-0.3, -0.25) is 9.59 Å². The van der Waals surface area contributed by atoms with Crippen LogP contribution in [0.25, 0.3) is 0 Å². The minimum Gasteiger partial charge on any atom is -0.396 e. The largest absolute Gasteiger partial charge is 0.396 e. The van der Waals surface area contributed by atoms with Crippen LogP contribution >= 0.6 is 0 Å². The summed E-state index contributed by atoms with van der Waals surface area (Å²) in [4.78, 5) is 21.8. The number of aliphatic hydroxyl groups is 1. The SMILES string of the molecule is NCC(=O)NCC(=O)NCCCCCO. The number of amides is 2. The number of nitrogens with two attached hydrogens (primary N) is 1. The molecule has 0 aromatic rings. The summed E-state index contributed by atoms with van der Waals surface area (Å²) in [5.41, 5.74) is 5.05. The first kappa shape index (κ1) is 13.9. The van der Waals surface area contributed by atoms with E-state index in [9.17, 15) is 9.59 Å². The quantitative estimate of drug-likeness (QED) is 0.365. The minimum atomic E-state index is -0.342. The van der Waals surface area contributed by atoms with E-state index in [0.29, 0.717) is 6.54 Å². The fraction of sp³-hybridized carbons (Fsp3) is 0.778. The summed E-state index contributed by atoms with van der Waals surface area (Å²) in [6.07, 6.45) is 2.46. The Morgan fingerprint density at radius 1 is 1.07 bits per heavy atom. The van der Waals surface area contributed by atoms with Crippen LogP contribution in [0.1, 0.15) is 19.3 Å². The lowest BCUT2D eigenvalue weighted by Gasteiger charge is -2.05. The first-order chi connectivity index (χ1) is 7.20. The summed E-state index contributed by atoms with van der Waals surface area (Å²) in [5, 5.41) is 13.5. The summed E-state index contributed by atoms with van der Waals surface area (Å²) in [7, 11) is 0. The summed E-state index contributed by atoms with van der Waals surface area (Å²) >= 11 is 0. The van der Waals surface area contributed by atoms with E-state index in [-0.39, 0.29) is 31.5 Å². The van der Waals surface area contributed by atoms with Gasteiger partial charge in [-0.25, -0.2) is 0 Å². The fourth-order valence-electron chi connectivity index (χ4n) is 0.955. The normalized spacial score (nSPS) is 9.73. The van der Waals surface area contributed by atoms with Crippen LogP contribution in [-0.4, -0.2) is 43.2 Å². The van der Waals surface area contributed by atoms with Gasteiger partial charge in [-0.2, -0.15) is 0 Å². The van der Waals surface area contributed by atoms with Gasteiger partial charge in [0.1, 0.15) is 0 Å². The maximum Gasteiger partial charge on any atom is 0.239 e. The third-order valence-electron chi connectivity index (χ3n) is 1.79. The highest BCUT2D eigenvalue weighted by Crippen LogP contribution is 1.91. The lowest BCUT2D eigenvalue weighted by molar-refractivity contribution is -0.125. The zero-order valence-corrected chi connectivity index (χ0v) is 8.79. The number of rotatable bonds is 8. The lowest BCUT2D eigenvalue weighted by atomic mass is 10.2. The van der Waals surface area contributed by atoms with Crippen LogP contribution < -0.4 is 16.4 Å². The molecule has 0 saturated heterocycles. The highest BCUT2D eigenvalue weighted by Gasteiger charge is 2.02. The molecule has 0 spiro atoms. The molecule has 5 N–H and O–H groups in total. The van der Waals surface area contributed by atoms with E-state index in [4.69, 9.17) is 10.8 Å². The highest BCUT2D eigenvalue weighted by atomic mass is 16.3. The van der Waals surface area contributed by atoms with E-state index >= 15 is 0 Å². The molecule has 0 atom stereocenters. The molecule has 0 fully saturated rings. The molecule has 0 saturated carbocycles. The van der Waals surface area contributed by atoms with Gasteiger partial charge >= 0.3 is 0 Å². The second-order valence-corrected chi connectivity index (χ2v) is 3.12. The molecule has 0 aliphatic heterocycles. The third-order valence-corrected chi connectivity index (χ3v) is 1.79. The van der Waals surface area contributed by atoms with Gasteiger partial charge in [0.05, 0.1) is 13.1 Å². The van der Waals surface area contributed by atoms with Gasteiger partial charge < -0.3 is 21.5 Å². The number of unbranched alkanes of at least 4 members (excludes halogenated alkanes) is 2. The van der Waals surface area contributed by atoms with Gasteiger partial charge in [0.2, 0.25) is 11.8 Å². The Balaban J connectivity index is 3.30. The highest BCUT2D eigenvalue weighted by molar-refractivity contribution is 5.85. The zero-order valence-electron chi connectivity index (χ0n) is 8.79. The van der Waals surface area contributed by atoms with Crippen molar-refractivity contribution >= 4 is 11.8 Å². The van der Waals surface area contributed by atoms with E-state index in [1.165, 1.54) is 0 Å². The average molecular weight is 217 g/mol. The molecule has 6 nitrogen and oxygen atoms in total. The average Bonchev–Trinajstić information content (AvgIpc) is 2.25. The molecule has 15 heavy (non-hydrogen) atoms. The number of nitrogens with one attached hydrogen (secondary N) is 2. The Hall–Kier alpha value is -1.14. The van der Waals surface area contributed by atoms with E-state index in [1.54, 1.807) is 0 Å². The lowest BCUT2D eigenvalue weighted by Crippen LogP contribution is -2.39. The molecule has 0 radical (unpaired) electrons. The molecule has 0 aliphatic carbocycles. The molecule has 0 heterocycles. The van der Waals surface area contributed by atoms with Crippen molar-refractivity contribution in [2.75, 3.05) is 26.2 Å². The van der Waals surface area contributed by atoms with E-state index < -0.39 is 0 Å².